The van der Waals surface area contributed by atoms with Crippen LogP contribution >= 0.6 is 0 Å². The van der Waals surface area contributed by atoms with Crippen LogP contribution < -0.4 is 0 Å². The van der Waals surface area contributed by atoms with Gasteiger partial charge in [-0.15, -0.1) is 0 Å². The Morgan fingerprint density at radius 2 is 1.86 bits per heavy atom. The summed E-state index contributed by atoms with van der Waals surface area (Å²) in [6.07, 6.45) is -0.150. The van der Waals surface area contributed by atoms with Crippen molar-refractivity contribution in [3.05, 3.63) is 22.8 Å². The van der Waals surface area contributed by atoms with Crippen LogP contribution in [0.1, 0.15) is 66.7 Å². The molecule has 4 N–H and O–H groups in total. The SMILES string of the molecule is CC(=O)OCC1=CC(OC2OCC(O)C(O)C2O)C2(C)CCC3(C)CCC(C(C)C)=C3C2CC1O. The first-order chi connectivity index (χ1) is 16.4. The third-order valence-electron chi connectivity index (χ3n) is 9.08. The van der Waals surface area contributed by atoms with Gasteiger partial charge in [-0.3, -0.25) is 4.79 Å². The van der Waals surface area contributed by atoms with E-state index in [1.165, 1.54) is 18.1 Å². The van der Waals surface area contributed by atoms with Crippen LogP contribution in [0.3, 0.4) is 0 Å². The van der Waals surface area contributed by atoms with E-state index >= 15 is 0 Å². The summed E-state index contributed by atoms with van der Waals surface area (Å²) in [7, 11) is 0. The molecule has 1 saturated carbocycles. The molecule has 0 aromatic carbocycles. The standard InChI is InChI=1S/C27H42O8/c1-14(2)17-6-7-26(4)8-9-27(5)18(22(17)26)11-19(29)16(12-33-15(3)28)10-21(27)35-25-24(32)23(31)20(30)13-34-25/h10,14,18-21,23-25,29-32H,6-9,11-13H2,1-5H3. The van der Waals surface area contributed by atoms with Crippen LogP contribution in [-0.2, 0) is 19.0 Å². The molecule has 8 heteroatoms. The van der Waals surface area contributed by atoms with Crippen LogP contribution in [0.5, 0.6) is 0 Å². The van der Waals surface area contributed by atoms with Crippen LogP contribution in [0.15, 0.2) is 22.8 Å². The third-order valence-corrected chi connectivity index (χ3v) is 9.08. The summed E-state index contributed by atoms with van der Waals surface area (Å²) in [6, 6.07) is 0. The second-order valence-corrected chi connectivity index (χ2v) is 11.8. The highest BCUT2D eigenvalue weighted by Crippen LogP contribution is 2.63. The molecule has 4 aliphatic rings. The largest absolute Gasteiger partial charge is 0.461 e. The molecule has 4 rings (SSSR count). The number of allylic oxidation sites excluding steroid dienone is 2. The number of aliphatic hydroxyl groups excluding tert-OH is 4. The molecule has 35 heavy (non-hydrogen) atoms. The highest BCUT2D eigenvalue weighted by Gasteiger charge is 2.56. The molecule has 1 saturated heterocycles. The lowest BCUT2D eigenvalue weighted by atomic mass is 9.54. The Bertz CT molecular complexity index is 880. The first-order valence-corrected chi connectivity index (χ1v) is 12.9. The fourth-order valence-electron chi connectivity index (χ4n) is 6.79. The molecule has 1 heterocycles. The van der Waals surface area contributed by atoms with Gasteiger partial charge in [-0.05, 0) is 54.9 Å². The highest BCUT2D eigenvalue weighted by atomic mass is 16.7. The minimum Gasteiger partial charge on any atom is -0.461 e. The predicted molar refractivity (Wildman–Crippen MR) is 128 cm³/mol. The van der Waals surface area contributed by atoms with Crippen LogP contribution in [0.4, 0.5) is 0 Å². The number of rotatable bonds is 5. The average molecular weight is 495 g/mol. The summed E-state index contributed by atoms with van der Waals surface area (Å²) in [4.78, 5) is 11.5. The Labute approximate surface area is 208 Å². The molecule has 8 nitrogen and oxygen atoms in total. The van der Waals surface area contributed by atoms with Crippen molar-refractivity contribution < 1.29 is 39.4 Å². The fraction of sp³-hybridized carbons (Fsp3) is 0.815. The van der Waals surface area contributed by atoms with Gasteiger partial charge in [0.2, 0.25) is 0 Å². The molecule has 0 aromatic rings. The zero-order chi connectivity index (χ0) is 25.7. The second-order valence-electron chi connectivity index (χ2n) is 11.8. The maximum atomic E-state index is 11.5. The smallest absolute Gasteiger partial charge is 0.302 e. The van der Waals surface area contributed by atoms with Crippen molar-refractivity contribution in [2.45, 2.75) is 104 Å². The van der Waals surface area contributed by atoms with Crippen molar-refractivity contribution in [3.63, 3.8) is 0 Å². The van der Waals surface area contributed by atoms with Gasteiger partial charge in [0.05, 0.1) is 18.8 Å². The first kappa shape index (κ1) is 26.8. The lowest BCUT2D eigenvalue weighted by Gasteiger charge is -2.53. The van der Waals surface area contributed by atoms with Gasteiger partial charge in [0.1, 0.15) is 24.9 Å². The van der Waals surface area contributed by atoms with E-state index in [1.807, 2.05) is 6.08 Å². The average Bonchev–Trinajstić information content (AvgIpc) is 3.10. The van der Waals surface area contributed by atoms with Gasteiger partial charge in [-0.1, -0.05) is 44.9 Å². The van der Waals surface area contributed by atoms with Crippen LogP contribution in [-0.4, -0.2) is 76.4 Å². The molecule has 198 valence electrons. The second kappa shape index (κ2) is 9.88. The number of carbonyl (C=O) groups excluding carboxylic acids is 1. The number of hydrogen-bond acceptors (Lipinski definition) is 8. The molecule has 1 aliphatic heterocycles. The molecular weight excluding hydrogens is 452 g/mol. The van der Waals surface area contributed by atoms with E-state index in [0.717, 1.165) is 25.7 Å². The minimum absolute atomic E-state index is 0.0310. The fourth-order valence-corrected chi connectivity index (χ4v) is 6.79. The molecule has 0 aromatic heterocycles. The Morgan fingerprint density at radius 1 is 1.14 bits per heavy atom. The lowest BCUT2D eigenvalue weighted by Crippen LogP contribution is -2.56. The number of fused-ring (bicyclic) bond motifs is 3. The summed E-state index contributed by atoms with van der Waals surface area (Å²) in [5, 5.41) is 42.0. The van der Waals surface area contributed by atoms with Gasteiger partial charge >= 0.3 is 5.97 Å². The molecule has 9 unspecified atom stereocenters. The van der Waals surface area contributed by atoms with E-state index in [-0.39, 0.29) is 24.5 Å². The summed E-state index contributed by atoms with van der Waals surface area (Å²) >= 11 is 0. The van der Waals surface area contributed by atoms with Gasteiger partial charge in [-0.2, -0.15) is 0 Å². The summed E-state index contributed by atoms with van der Waals surface area (Å²) in [6.45, 7) is 10.1. The van der Waals surface area contributed by atoms with Crippen LogP contribution in [0.25, 0.3) is 0 Å². The normalized spacial score (nSPS) is 43.9. The zero-order valence-electron chi connectivity index (χ0n) is 21.6. The first-order valence-electron chi connectivity index (χ1n) is 12.9. The van der Waals surface area contributed by atoms with Gasteiger partial charge < -0.3 is 34.6 Å². The Kier molecular flexibility index (Phi) is 7.55. The van der Waals surface area contributed by atoms with E-state index in [4.69, 9.17) is 14.2 Å². The summed E-state index contributed by atoms with van der Waals surface area (Å²) in [5.74, 6) is 0.00536. The Hall–Kier alpha value is -1.29. The van der Waals surface area contributed by atoms with Gasteiger partial charge in [0, 0.05) is 12.3 Å². The van der Waals surface area contributed by atoms with Crippen LogP contribution in [0, 0.1) is 22.7 Å². The van der Waals surface area contributed by atoms with Crippen molar-refractivity contribution >= 4 is 5.97 Å². The minimum atomic E-state index is -1.41. The summed E-state index contributed by atoms with van der Waals surface area (Å²) in [5.41, 5.74) is 3.12. The molecule has 2 fully saturated rings. The van der Waals surface area contributed by atoms with Crippen molar-refractivity contribution in [2.24, 2.45) is 22.7 Å². The molecule has 0 spiro atoms. The maximum Gasteiger partial charge on any atom is 0.302 e. The van der Waals surface area contributed by atoms with E-state index in [1.54, 1.807) is 0 Å². The van der Waals surface area contributed by atoms with Gasteiger partial charge in [0.15, 0.2) is 6.29 Å². The molecule has 0 bridgehead atoms. The Morgan fingerprint density at radius 3 is 2.51 bits per heavy atom. The van der Waals surface area contributed by atoms with E-state index in [2.05, 4.69) is 27.7 Å². The van der Waals surface area contributed by atoms with Crippen molar-refractivity contribution in [3.8, 4) is 0 Å². The van der Waals surface area contributed by atoms with Gasteiger partial charge in [-0.25, -0.2) is 0 Å². The van der Waals surface area contributed by atoms with Crippen molar-refractivity contribution in [1.29, 1.82) is 0 Å². The van der Waals surface area contributed by atoms with E-state index < -0.39 is 48.2 Å². The number of esters is 1. The maximum absolute atomic E-state index is 11.5. The molecule has 0 radical (unpaired) electrons. The van der Waals surface area contributed by atoms with Crippen molar-refractivity contribution in [2.75, 3.05) is 13.2 Å². The third kappa shape index (κ3) is 4.86. The quantitative estimate of drug-likeness (QED) is 0.339. The number of ether oxygens (including phenoxy) is 3. The monoisotopic (exact) mass is 494 g/mol. The summed E-state index contributed by atoms with van der Waals surface area (Å²) < 4.78 is 17.2. The van der Waals surface area contributed by atoms with E-state index in [9.17, 15) is 25.2 Å². The van der Waals surface area contributed by atoms with Crippen molar-refractivity contribution in [1.82, 2.24) is 0 Å². The topological polar surface area (TPSA) is 126 Å². The lowest BCUT2D eigenvalue weighted by molar-refractivity contribution is -0.289. The molecular formula is C27H42O8. The number of hydrogen-bond donors (Lipinski definition) is 4. The Balaban J connectivity index is 1.75. The van der Waals surface area contributed by atoms with Gasteiger partial charge in [0.25, 0.3) is 0 Å². The predicted octanol–water partition coefficient (Wildman–Crippen LogP) is 2.23. The van der Waals surface area contributed by atoms with E-state index in [0.29, 0.717) is 17.9 Å². The molecule has 0 amide bonds. The number of aliphatic hydroxyl groups is 4. The molecule has 9 atom stereocenters. The zero-order valence-corrected chi connectivity index (χ0v) is 21.6. The van der Waals surface area contributed by atoms with Crippen LogP contribution in [0.2, 0.25) is 0 Å². The number of carbonyl (C=O) groups is 1. The molecule has 3 aliphatic carbocycles. The highest BCUT2D eigenvalue weighted by molar-refractivity contribution is 5.66.